The standard InChI is InChI=1S/C17H30N2O4/c1-16(2,3)23-15(20)19-9-6-14(12-19)18-13-4-7-17(8-5-13)21-10-11-22-17/h13-14,18H,4-12H2,1-3H3. The summed E-state index contributed by atoms with van der Waals surface area (Å²) in [6, 6.07) is 0.865. The van der Waals surface area contributed by atoms with Crippen molar-refractivity contribution in [1.82, 2.24) is 10.2 Å². The third-order valence-corrected chi connectivity index (χ3v) is 4.87. The molecular formula is C17H30N2O4. The number of hydrogen-bond acceptors (Lipinski definition) is 5. The summed E-state index contributed by atoms with van der Waals surface area (Å²) in [6.45, 7) is 8.68. The number of amides is 1. The summed E-state index contributed by atoms with van der Waals surface area (Å²) in [6.07, 6.45) is 4.87. The van der Waals surface area contributed by atoms with E-state index in [2.05, 4.69) is 5.32 Å². The van der Waals surface area contributed by atoms with E-state index in [9.17, 15) is 4.79 Å². The van der Waals surface area contributed by atoms with Gasteiger partial charge in [0.1, 0.15) is 5.60 Å². The predicted octanol–water partition coefficient (Wildman–Crippen LogP) is 2.27. The molecule has 1 aliphatic carbocycles. The van der Waals surface area contributed by atoms with E-state index < -0.39 is 5.60 Å². The Bertz CT molecular complexity index is 419. The quantitative estimate of drug-likeness (QED) is 0.843. The maximum absolute atomic E-state index is 12.1. The molecule has 0 aromatic rings. The molecule has 2 saturated heterocycles. The zero-order valence-electron chi connectivity index (χ0n) is 14.6. The predicted molar refractivity (Wildman–Crippen MR) is 86.2 cm³/mol. The Hall–Kier alpha value is -0.850. The molecule has 3 rings (SSSR count). The number of hydrogen-bond donors (Lipinski definition) is 1. The van der Waals surface area contributed by atoms with Gasteiger partial charge < -0.3 is 24.4 Å². The van der Waals surface area contributed by atoms with E-state index in [0.717, 1.165) is 58.4 Å². The average molecular weight is 326 g/mol. The first-order valence-electron chi connectivity index (χ1n) is 8.87. The highest BCUT2D eigenvalue weighted by Crippen LogP contribution is 2.36. The minimum atomic E-state index is -0.429. The molecule has 23 heavy (non-hydrogen) atoms. The minimum Gasteiger partial charge on any atom is -0.444 e. The summed E-state index contributed by atoms with van der Waals surface area (Å²) in [7, 11) is 0. The van der Waals surface area contributed by atoms with Gasteiger partial charge in [-0.1, -0.05) is 0 Å². The average Bonchev–Trinajstić information content (AvgIpc) is 3.10. The lowest BCUT2D eigenvalue weighted by molar-refractivity contribution is -0.179. The van der Waals surface area contributed by atoms with Gasteiger partial charge in [-0.05, 0) is 40.0 Å². The molecular weight excluding hydrogens is 296 g/mol. The second-order valence-corrected chi connectivity index (χ2v) is 7.96. The molecule has 0 aromatic carbocycles. The van der Waals surface area contributed by atoms with E-state index in [-0.39, 0.29) is 11.9 Å². The highest BCUT2D eigenvalue weighted by Gasteiger charge is 2.41. The number of nitrogens with one attached hydrogen (secondary N) is 1. The van der Waals surface area contributed by atoms with Crippen molar-refractivity contribution >= 4 is 6.09 Å². The summed E-state index contributed by atoms with van der Waals surface area (Å²) < 4.78 is 17.0. The monoisotopic (exact) mass is 326 g/mol. The lowest BCUT2D eigenvalue weighted by Gasteiger charge is -2.36. The molecule has 1 spiro atoms. The van der Waals surface area contributed by atoms with E-state index in [1.54, 1.807) is 0 Å². The second-order valence-electron chi connectivity index (χ2n) is 7.96. The molecule has 0 bridgehead atoms. The van der Waals surface area contributed by atoms with Gasteiger partial charge in [-0.2, -0.15) is 0 Å². The molecule has 3 fully saturated rings. The van der Waals surface area contributed by atoms with Crippen molar-refractivity contribution in [3.8, 4) is 0 Å². The van der Waals surface area contributed by atoms with Crippen LogP contribution in [0, 0.1) is 0 Å². The summed E-state index contributed by atoms with van der Waals surface area (Å²) in [5.74, 6) is -0.295. The minimum absolute atomic E-state index is 0.197. The Morgan fingerprint density at radius 2 is 1.78 bits per heavy atom. The summed E-state index contributed by atoms with van der Waals surface area (Å²) in [5.41, 5.74) is -0.429. The lowest BCUT2D eigenvalue weighted by atomic mass is 9.89. The van der Waals surface area contributed by atoms with E-state index in [1.807, 2.05) is 25.7 Å². The Labute approximate surface area is 138 Å². The fraction of sp³-hybridized carbons (Fsp3) is 0.941. The van der Waals surface area contributed by atoms with Gasteiger partial charge in [0, 0.05) is 38.0 Å². The normalized spacial score (nSPS) is 28.5. The van der Waals surface area contributed by atoms with E-state index in [0.29, 0.717) is 12.1 Å². The van der Waals surface area contributed by atoms with Gasteiger partial charge in [-0.3, -0.25) is 0 Å². The van der Waals surface area contributed by atoms with Gasteiger partial charge in [0.25, 0.3) is 0 Å². The molecule has 6 nitrogen and oxygen atoms in total. The largest absolute Gasteiger partial charge is 0.444 e. The topological polar surface area (TPSA) is 60.0 Å². The Morgan fingerprint density at radius 1 is 1.13 bits per heavy atom. The molecule has 1 N–H and O–H groups in total. The van der Waals surface area contributed by atoms with Crippen molar-refractivity contribution in [2.45, 2.75) is 76.3 Å². The van der Waals surface area contributed by atoms with Crippen LogP contribution in [0.2, 0.25) is 0 Å². The number of carbonyl (C=O) groups excluding carboxylic acids is 1. The first kappa shape index (κ1) is 17.0. The molecule has 3 aliphatic rings. The molecule has 0 aromatic heterocycles. The van der Waals surface area contributed by atoms with Gasteiger partial charge in [0.15, 0.2) is 5.79 Å². The molecule has 0 radical (unpaired) electrons. The van der Waals surface area contributed by atoms with Crippen molar-refractivity contribution in [2.75, 3.05) is 26.3 Å². The van der Waals surface area contributed by atoms with Crippen LogP contribution in [-0.2, 0) is 14.2 Å². The summed E-state index contributed by atoms with van der Waals surface area (Å²) >= 11 is 0. The second kappa shape index (κ2) is 6.57. The maximum Gasteiger partial charge on any atom is 0.410 e. The molecule has 1 unspecified atom stereocenters. The van der Waals surface area contributed by atoms with Crippen molar-refractivity contribution in [1.29, 1.82) is 0 Å². The highest BCUT2D eigenvalue weighted by atomic mass is 16.7. The number of carbonyl (C=O) groups is 1. The summed E-state index contributed by atoms with van der Waals surface area (Å²) in [4.78, 5) is 13.9. The number of nitrogens with zero attached hydrogens (tertiary/aromatic N) is 1. The SMILES string of the molecule is CC(C)(C)OC(=O)N1CCC(NC2CCC3(CC2)OCCO3)C1. The lowest BCUT2D eigenvalue weighted by Crippen LogP contribution is -2.46. The smallest absolute Gasteiger partial charge is 0.410 e. The molecule has 2 heterocycles. The van der Waals surface area contributed by atoms with Crippen LogP contribution in [-0.4, -0.2) is 60.8 Å². The Morgan fingerprint density at radius 3 is 2.39 bits per heavy atom. The van der Waals surface area contributed by atoms with E-state index in [4.69, 9.17) is 14.2 Å². The van der Waals surface area contributed by atoms with E-state index >= 15 is 0 Å². The number of ether oxygens (including phenoxy) is 3. The highest BCUT2D eigenvalue weighted by molar-refractivity contribution is 5.68. The van der Waals surface area contributed by atoms with Gasteiger partial charge in [-0.15, -0.1) is 0 Å². The molecule has 1 amide bonds. The van der Waals surface area contributed by atoms with Crippen molar-refractivity contribution in [3.63, 3.8) is 0 Å². The van der Waals surface area contributed by atoms with Crippen LogP contribution < -0.4 is 5.32 Å². The van der Waals surface area contributed by atoms with Gasteiger partial charge in [-0.25, -0.2) is 4.79 Å². The third kappa shape index (κ3) is 4.37. The number of rotatable bonds is 2. The van der Waals surface area contributed by atoms with Crippen molar-refractivity contribution < 1.29 is 19.0 Å². The Balaban J connectivity index is 1.41. The molecule has 1 atom stereocenters. The van der Waals surface area contributed by atoms with Gasteiger partial charge >= 0.3 is 6.09 Å². The fourth-order valence-electron chi connectivity index (χ4n) is 3.73. The van der Waals surface area contributed by atoms with Crippen LogP contribution in [0.15, 0.2) is 0 Å². The maximum atomic E-state index is 12.1. The van der Waals surface area contributed by atoms with Crippen molar-refractivity contribution in [2.24, 2.45) is 0 Å². The molecule has 2 aliphatic heterocycles. The van der Waals surface area contributed by atoms with Crippen LogP contribution in [0.25, 0.3) is 0 Å². The zero-order valence-corrected chi connectivity index (χ0v) is 14.6. The Kier molecular flexibility index (Phi) is 4.85. The van der Waals surface area contributed by atoms with E-state index in [1.165, 1.54) is 0 Å². The molecule has 1 saturated carbocycles. The van der Waals surface area contributed by atoms with Gasteiger partial charge in [0.2, 0.25) is 0 Å². The van der Waals surface area contributed by atoms with Crippen LogP contribution in [0.5, 0.6) is 0 Å². The zero-order chi connectivity index (χ0) is 16.5. The van der Waals surface area contributed by atoms with Crippen LogP contribution in [0.4, 0.5) is 4.79 Å². The van der Waals surface area contributed by atoms with Gasteiger partial charge in [0.05, 0.1) is 13.2 Å². The molecule has 132 valence electrons. The van der Waals surface area contributed by atoms with Crippen LogP contribution >= 0.6 is 0 Å². The third-order valence-electron chi connectivity index (χ3n) is 4.87. The number of likely N-dealkylation sites (tertiary alicyclic amines) is 1. The first-order chi connectivity index (χ1) is 10.9. The van der Waals surface area contributed by atoms with Crippen LogP contribution in [0.1, 0.15) is 52.9 Å². The molecule has 6 heteroatoms. The summed E-state index contributed by atoms with van der Waals surface area (Å²) in [5, 5.41) is 3.71. The van der Waals surface area contributed by atoms with Crippen LogP contribution in [0.3, 0.4) is 0 Å². The first-order valence-corrected chi connectivity index (χ1v) is 8.87. The van der Waals surface area contributed by atoms with Crippen molar-refractivity contribution in [3.05, 3.63) is 0 Å². The fourth-order valence-corrected chi connectivity index (χ4v) is 3.73.